The molecule has 2 aromatic rings. The Morgan fingerprint density at radius 3 is 2.51 bits per heavy atom. The van der Waals surface area contributed by atoms with Crippen LogP contribution in [-0.2, 0) is 9.53 Å². The average molecular weight is 636 g/mol. The number of benzene rings is 2. The summed E-state index contributed by atoms with van der Waals surface area (Å²) < 4.78 is 50.5. The molecular formula is C33H44F3N3O6. The first-order valence-corrected chi connectivity index (χ1v) is 15.3. The van der Waals surface area contributed by atoms with Crippen LogP contribution in [0.15, 0.2) is 48.5 Å². The summed E-state index contributed by atoms with van der Waals surface area (Å²) in [6.07, 6.45) is -5.03. The maximum Gasteiger partial charge on any atom is 0.389 e. The number of alkyl halides is 3. The van der Waals surface area contributed by atoms with Crippen LogP contribution in [0, 0.1) is 5.92 Å². The van der Waals surface area contributed by atoms with E-state index in [1.165, 1.54) is 16.8 Å². The van der Waals surface area contributed by atoms with Crippen molar-refractivity contribution in [1.82, 2.24) is 9.80 Å². The number of likely N-dealkylation sites (N-methyl/N-ethyl adjacent to an activating group) is 1. The third kappa shape index (κ3) is 11.0. The Balaban J connectivity index is 1.91. The molecule has 12 heteroatoms. The number of ether oxygens (including phenoxy) is 2. The Labute approximate surface area is 262 Å². The predicted octanol–water partition coefficient (Wildman–Crippen LogP) is 5.54. The van der Waals surface area contributed by atoms with Crippen molar-refractivity contribution in [1.29, 1.82) is 0 Å². The van der Waals surface area contributed by atoms with Crippen molar-refractivity contribution in [3.63, 3.8) is 0 Å². The van der Waals surface area contributed by atoms with Crippen LogP contribution >= 0.6 is 0 Å². The van der Waals surface area contributed by atoms with Crippen LogP contribution in [0.5, 0.6) is 5.75 Å². The molecule has 0 aliphatic carbocycles. The molecule has 2 aromatic carbocycles. The van der Waals surface area contributed by atoms with Gasteiger partial charge in [0.2, 0.25) is 5.91 Å². The Morgan fingerprint density at radius 2 is 1.84 bits per heavy atom. The zero-order valence-corrected chi connectivity index (χ0v) is 26.3. The number of fused-ring (bicyclic) bond motifs is 1. The molecule has 1 heterocycles. The van der Waals surface area contributed by atoms with E-state index in [0.717, 1.165) is 6.42 Å². The average Bonchev–Trinajstić information content (AvgIpc) is 3.01. The second kappa shape index (κ2) is 16.6. The van der Waals surface area contributed by atoms with E-state index in [1.807, 2.05) is 13.8 Å². The van der Waals surface area contributed by atoms with Crippen molar-refractivity contribution in [3.8, 4) is 5.75 Å². The number of carbonyl (C=O) groups excluding carboxylic acids is 3. The van der Waals surface area contributed by atoms with Crippen LogP contribution in [0.3, 0.4) is 0 Å². The first-order chi connectivity index (χ1) is 21.3. The molecule has 45 heavy (non-hydrogen) atoms. The van der Waals surface area contributed by atoms with E-state index in [0.29, 0.717) is 36.4 Å². The van der Waals surface area contributed by atoms with E-state index in [4.69, 9.17) is 9.47 Å². The van der Waals surface area contributed by atoms with E-state index < -0.39 is 43.0 Å². The van der Waals surface area contributed by atoms with E-state index in [1.54, 1.807) is 55.5 Å². The number of nitrogens with one attached hydrogen (secondary N) is 1. The van der Waals surface area contributed by atoms with Crippen molar-refractivity contribution in [2.24, 2.45) is 5.92 Å². The Hall–Kier alpha value is -3.64. The van der Waals surface area contributed by atoms with Crippen LogP contribution in [0.4, 0.5) is 18.9 Å². The lowest BCUT2D eigenvalue weighted by molar-refractivity contribution is -0.149. The molecule has 1 aliphatic rings. The molecule has 0 spiro atoms. The first kappa shape index (κ1) is 35.8. The molecular weight excluding hydrogens is 591 g/mol. The quantitative estimate of drug-likeness (QED) is 0.395. The van der Waals surface area contributed by atoms with E-state index in [-0.39, 0.29) is 43.2 Å². The SMILES string of the molecule is C[C@@H]1CCCCO[C@@H](CN(C)C(=O)CCC(F)(F)F)[C@@H](C)CN([C@H](C)CO)C(=O)c2cc(NC(=O)c3ccccc3)ccc2O1. The minimum absolute atomic E-state index is 0.0408. The third-order valence-electron chi connectivity index (χ3n) is 7.85. The molecule has 248 valence electrons. The highest BCUT2D eigenvalue weighted by Crippen LogP contribution is 2.29. The molecule has 0 aromatic heterocycles. The molecule has 0 saturated carbocycles. The molecule has 0 bridgehead atoms. The molecule has 0 fully saturated rings. The van der Waals surface area contributed by atoms with Crippen LogP contribution < -0.4 is 10.1 Å². The minimum Gasteiger partial charge on any atom is -0.490 e. The monoisotopic (exact) mass is 635 g/mol. The summed E-state index contributed by atoms with van der Waals surface area (Å²) in [5, 5.41) is 12.9. The topological polar surface area (TPSA) is 108 Å². The number of rotatable bonds is 8. The summed E-state index contributed by atoms with van der Waals surface area (Å²) in [5.74, 6) is -1.46. The van der Waals surface area contributed by atoms with Gasteiger partial charge in [0.25, 0.3) is 11.8 Å². The highest BCUT2D eigenvalue weighted by Gasteiger charge is 2.32. The first-order valence-electron chi connectivity index (χ1n) is 15.3. The number of hydrogen-bond acceptors (Lipinski definition) is 6. The molecule has 9 nitrogen and oxygen atoms in total. The number of anilines is 1. The van der Waals surface area contributed by atoms with Gasteiger partial charge in [-0.05, 0) is 63.4 Å². The largest absolute Gasteiger partial charge is 0.490 e. The fourth-order valence-corrected chi connectivity index (χ4v) is 5.07. The summed E-state index contributed by atoms with van der Waals surface area (Å²) in [5.41, 5.74) is 1.04. The molecule has 4 atom stereocenters. The third-order valence-corrected chi connectivity index (χ3v) is 7.85. The number of amides is 3. The van der Waals surface area contributed by atoms with Gasteiger partial charge in [0.05, 0.1) is 36.8 Å². The van der Waals surface area contributed by atoms with Gasteiger partial charge in [-0.1, -0.05) is 25.1 Å². The molecule has 1 aliphatic heterocycles. The number of nitrogens with zero attached hydrogens (tertiary/aromatic N) is 2. The van der Waals surface area contributed by atoms with Gasteiger partial charge in [-0.2, -0.15) is 13.2 Å². The summed E-state index contributed by atoms with van der Waals surface area (Å²) in [7, 11) is 1.44. The summed E-state index contributed by atoms with van der Waals surface area (Å²) in [6, 6.07) is 12.9. The fraction of sp³-hybridized carbons (Fsp3) is 0.545. The van der Waals surface area contributed by atoms with Gasteiger partial charge in [-0.15, -0.1) is 0 Å². The van der Waals surface area contributed by atoms with Crippen LogP contribution in [-0.4, -0.2) is 90.4 Å². The number of aliphatic hydroxyl groups excluding tert-OH is 1. The van der Waals surface area contributed by atoms with Gasteiger partial charge in [0.1, 0.15) is 5.75 Å². The highest BCUT2D eigenvalue weighted by molar-refractivity contribution is 6.05. The standard InChI is InChI=1S/C33H44F3N3O6/c1-22-19-39(23(2)21-40)32(43)27-18-26(37-31(42)25-11-6-5-7-12-25)13-14-28(27)45-24(3)10-8-9-17-44-29(22)20-38(4)30(41)15-16-33(34,35)36/h5-7,11-14,18,22-24,29,40H,8-10,15-17,19-21H2,1-4H3,(H,37,42)/t22-,23+,24+,29-/m0/s1. The Morgan fingerprint density at radius 1 is 1.13 bits per heavy atom. The van der Waals surface area contributed by atoms with Crippen molar-refractivity contribution in [3.05, 3.63) is 59.7 Å². The van der Waals surface area contributed by atoms with Gasteiger partial charge < -0.3 is 29.7 Å². The fourth-order valence-electron chi connectivity index (χ4n) is 5.07. The van der Waals surface area contributed by atoms with Crippen LogP contribution in [0.2, 0.25) is 0 Å². The highest BCUT2D eigenvalue weighted by atomic mass is 19.4. The van der Waals surface area contributed by atoms with Gasteiger partial charge in [-0.25, -0.2) is 0 Å². The smallest absolute Gasteiger partial charge is 0.389 e. The number of carbonyl (C=O) groups is 3. The molecule has 0 saturated heterocycles. The number of aliphatic hydroxyl groups is 1. The Kier molecular flexibility index (Phi) is 13.2. The van der Waals surface area contributed by atoms with Crippen molar-refractivity contribution < 1.29 is 42.1 Å². The molecule has 0 unspecified atom stereocenters. The molecule has 0 radical (unpaired) electrons. The van der Waals surface area contributed by atoms with Crippen LogP contribution in [0.25, 0.3) is 0 Å². The van der Waals surface area contributed by atoms with Gasteiger partial charge in [0.15, 0.2) is 0 Å². The van der Waals surface area contributed by atoms with Gasteiger partial charge in [0, 0.05) is 50.3 Å². The maximum absolute atomic E-state index is 14.2. The lowest BCUT2D eigenvalue weighted by Gasteiger charge is -2.36. The van der Waals surface area contributed by atoms with E-state index in [2.05, 4.69) is 5.32 Å². The minimum atomic E-state index is -4.44. The predicted molar refractivity (Wildman–Crippen MR) is 164 cm³/mol. The van der Waals surface area contributed by atoms with Crippen molar-refractivity contribution in [2.45, 2.75) is 77.3 Å². The van der Waals surface area contributed by atoms with E-state index in [9.17, 15) is 32.7 Å². The van der Waals surface area contributed by atoms with Gasteiger partial charge >= 0.3 is 6.18 Å². The lowest BCUT2D eigenvalue weighted by Crippen LogP contribution is -2.48. The van der Waals surface area contributed by atoms with E-state index >= 15 is 0 Å². The molecule has 3 amide bonds. The summed E-state index contributed by atoms with van der Waals surface area (Å²) >= 11 is 0. The van der Waals surface area contributed by atoms with Crippen LogP contribution in [0.1, 0.15) is 73.6 Å². The zero-order chi connectivity index (χ0) is 33.1. The van der Waals surface area contributed by atoms with Crippen molar-refractivity contribution >= 4 is 23.4 Å². The summed E-state index contributed by atoms with van der Waals surface area (Å²) in [6.45, 7) is 5.61. The Bertz CT molecular complexity index is 1280. The van der Waals surface area contributed by atoms with Gasteiger partial charge in [-0.3, -0.25) is 14.4 Å². The maximum atomic E-state index is 14.2. The second-order valence-electron chi connectivity index (χ2n) is 11.7. The lowest BCUT2D eigenvalue weighted by atomic mass is 10.0. The number of halogens is 3. The van der Waals surface area contributed by atoms with Crippen molar-refractivity contribution in [2.75, 3.05) is 38.7 Å². The molecule has 3 rings (SSSR count). The second-order valence-corrected chi connectivity index (χ2v) is 11.7. The normalized spacial score (nSPS) is 20.8. The zero-order valence-electron chi connectivity index (χ0n) is 26.3. The summed E-state index contributed by atoms with van der Waals surface area (Å²) in [4.78, 5) is 42.3. The molecule has 2 N–H and O–H groups in total. The number of hydrogen-bond donors (Lipinski definition) is 2.